The zero-order valence-corrected chi connectivity index (χ0v) is 8.94. The van der Waals surface area contributed by atoms with E-state index in [0.717, 1.165) is 12.1 Å². The number of carbonyl (C=O) groups is 1. The third kappa shape index (κ3) is 2.22. The van der Waals surface area contributed by atoms with Crippen molar-refractivity contribution in [1.82, 2.24) is 0 Å². The number of hydrogen-bond donors (Lipinski definition) is 1. The highest BCUT2D eigenvalue weighted by Crippen LogP contribution is 2.32. The van der Waals surface area contributed by atoms with Crippen molar-refractivity contribution in [2.75, 3.05) is 0 Å². The Morgan fingerprint density at radius 2 is 2.00 bits per heavy atom. The Balaban J connectivity index is 3.25. The van der Waals surface area contributed by atoms with Crippen LogP contribution >= 0.6 is 27.5 Å². The summed E-state index contributed by atoms with van der Waals surface area (Å²) >= 11 is 8.45. The van der Waals surface area contributed by atoms with Crippen molar-refractivity contribution in [2.24, 2.45) is 0 Å². The van der Waals surface area contributed by atoms with Crippen molar-refractivity contribution in [2.45, 2.75) is 5.92 Å². The average molecular weight is 285 g/mol. The fraction of sp³-hybridized carbons (Fsp3) is 0.125. The molecule has 76 valence electrons. The minimum Gasteiger partial charge on any atom is -0.477 e. The van der Waals surface area contributed by atoms with Gasteiger partial charge >= 0.3 is 11.9 Å². The molecule has 1 N–H and O–H groups in total. The molecule has 14 heavy (non-hydrogen) atoms. The van der Waals surface area contributed by atoms with Crippen molar-refractivity contribution in [3.8, 4) is 0 Å². The van der Waals surface area contributed by atoms with Crippen LogP contribution in [0.3, 0.4) is 0 Å². The minimum atomic E-state index is -3.92. The second kappa shape index (κ2) is 3.82. The van der Waals surface area contributed by atoms with Gasteiger partial charge in [-0.3, -0.25) is 0 Å². The molecule has 0 aliphatic rings. The summed E-state index contributed by atoms with van der Waals surface area (Å²) in [5, 5.41) is 8.32. The molecule has 0 saturated heterocycles. The predicted octanol–water partition coefficient (Wildman–Crippen LogP) is 3.28. The van der Waals surface area contributed by atoms with Crippen LogP contribution in [0.1, 0.15) is 5.56 Å². The van der Waals surface area contributed by atoms with Crippen LogP contribution in [-0.2, 0) is 10.7 Å². The van der Waals surface area contributed by atoms with E-state index in [0.29, 0.717) is 4.47 Å². The van der Waals surface area contributed by atoms with Crippen LogP contribution in [0.2, 0.25) is 5.02 Å². The standard InChI is InChI=1S/C8H4BrClF2O2/c9-5-1-4(2-6(10)3-5)8(11,12)7(13)14/h1-3H,(H,13,14). The molecule has 6 heteroatoms. The summed E-state index contributed by atoms with van der Waals surface area (Å²) in [4.78, 5) is 10.2. The second-order valence-electron chi connectivity index (χ2n) is 2.54. The molecule has 0 fully saturated rings. The van der Waals surface area contributed by atoms with E-state index in [1.807, 2.05) is 0 Å². The van der Waals surface area contributed by atoms with Crippen LogP contribution in [-0.4, -0.2) is 11.1 Å². The lowest BCUT2D eigenvalue weighted by atomic mass is 10.1. The van der Waals surface area contributed by atoms with E-state index >= 15 is 0 Å². The summed E-state index contributed by atoms with van der Waals surface area (Å²) < 4.78 is 26.2. The molecule has 0 amide bonds. The summed E-state index contributed by atoms with van der Waals surface area (Å²) in [7, 11) is 0. The lowest BCUT2D eigenvalue weighted by Gasteiger charge is -2.11. The SMILES string of the molecule is O=C(O)C(F)(F)c1cc(Cl)cc(Br)c1. The van der Waals surface area contributed by atoms with Gasteiger partial charge in [-0.05, 0) is 18.2 Å². The maximum atomic E-state index is 13.0. The molecular weight excluding hydrogens is 281 g/mol. The normalized spacial score (nSPS) is 11.4. The topological polar surface area (TPSA) is 37.3 Å². The van der Waals surface area contributed by atoms with E-state index < -0.39 is 17.5 Å². The van der Waals surface area contributed by atoms with E-state index in [1.165, 1.54) is 6.07 Å². The molecule has 0 aromatic heterocycles. The molecule has 0 atom stereocenters. The predicted molar refractivity (Wildman–Crippen MR) is 50.7 cm³/mol. The highest BCUT2D eigenvalue weighted by Gasteiger charge is 2.41. The van der Waals surface area contributed by atoms with Crippen LogP contribution in [0.25, 0.3) is 0 Å². The molecular formula is C8H4BrClF2O2. The monoisotopic (exact) mass is 284 g/mol. The lowest BCUT2D eigenvalue weighted by Crippen LogP contribution is -2.25. The maximum absolute atomic E-state index is 13.0. The lowest BCUT2D eigenvalue weighted by molar-refractivity contribution is -0.166. The molecule has 0 unspecified atom stereocenters. The number of halogens is 4. The summed E-state index contributed by atoms with van der Waals surface area (Å²) in [6, 6.07) is 3.32. The number of benzene rings is 1. The molecule has 0 aliphatic heterocycles. The Labute approximate surface area is 91.6 Å². The Hall–Kier alpha value is -0.680. The largest absolute Gasteiger partial charge is 0.477 e. The van der Waals surface area contributed by atoms with Gasteiger partial charge in [-0.2, -0.15) is 8.78 Å². The molecule has 0 heterocycles. The molecule has 0 spiro atoms. The third-order valence-electron chi connectivity index (χ3n) is 1.49. The number of alkyl halides is 2. The molecule has 1 aromatic rings. The van der Waals surface area contributed by atoms with Gasteiger partial charge in [-0.15, -0.1) is 0 Å². The van der Waals surface area contributed by atoms with Gasteiger partial charge < -0.3 is 5.11 Å². The van der Waals surface area contributed by atoms with E-state index in [4.69, 9.17) is 16.7 Å². The van der Waals surface area contributed by atoms with Crippen LogP contribution in [0.15, 0.2) is 22.7 Å². The number of aliphatic carboxylic acids is 1. The van der Waals surface area contributed by atoms with Crippen molar-refractivity contribution in [1.29, 1.82) is 0 Å². The first-order valence-electron chi connectivity index (χ1n) is 3.42. The fourth-order valence-electron chi connectivity index (χ4n) is 0.859. The Morgan fingerprint density at radius 3 is 2.43 bits per heavy atom. The van der Waals surface area contributed by atoms with Gasteiger partial charge in [0.15, 0.2) is 0 Å². The van der Waals surface area contributed by atoms with Crippen molar-refractivity contribution >= 4 is 33.5 Å². The van der Waals surface area contributed by atoms with Gasteiger partial charge in [0, 0.05) is 15.1 Å². The number of carboxylic acids is 1. The van der Waals surface area contributed by atoms with Crippen LogP contribution < -0.4 is 0 Å². The maximum Gasteiger partial charge on any atom is 0.379 e. The number of carboxylic acid groups (broad SMARTS) is 1. The Morgan fingerprint density at radius 1 is 1.43 bits per heavy atom. The van der Waals surface area contributed by atoms with Gasteiger partial charge in [-0.1, -0.05) is 27.5 Å². The van der Waals surface area contributed by atoms with Crippen molar-refractivity contribution in [3.63, 3.8) is 0 Å². The fourth-order valence-corrected chi connectivity index (χ4v) is 1.72. The van der Waals surface area contributed by atoms with Crippen LogP contribution in [0.4, 0.5) is 8.78 Å². The van der Waals surface area contributed by atoms with Gasteiger partial charge in [0.1, 0.15) is 0 Å². The van der Waals surface area contributed by atoms with Gasteiger partial charge in [0.2, 0.25) is 0 Å². The molecule has 0 bridgehead atoms. The Kier molecular flexibility index (Phi) is 3.11. The Bertz CT molecular complexity index is 361. The van der Waals surface area contributed by atoms with Crippen molar-refractivity contribution in [3.05, 3.63) is 33.3 Å². The smallest absolute Gasteiger partial charge is 0.379 e. The molecule has 0 radical (unpaired) electrons. The van der Waals surface area contributed by atoms with Crippen LogP contribution in [0.5, 0.6) is 0 Å². The zero-order valence-electron chi connectivity index (χ0n) is 6.60. The van der Waals surface area contributed by atoms with Gasteiger partial charge in [0.25, 0.3) is 0 Å². The summed E-state index contributed by atoms with van der Waals surface area (Å²) in [6.45, 7) is 0. The van der Waals surface area contributed by atoms with Gasteiger partial charge in [-0.25, -0.2) is 4.79 Å². The molecule has 0 aliphatic carbocycles. The number of hydrogen-bond acceptors (Lipinski definition) is 1. The first-order chi connectivity index (χ1) is 6.34. The van der Waals surface area contributed by atoms with Gasteiger partial charge in [0.05, 0.1) is 0 Å². The molecule has 0 saturated carbocycles. The van der Waals surface area contributed by atoms with E-state index in [2.05, 4.69) is 15.9 Å². The first kappa shape index (κ1) is 11.4. The molecule has 2 nitrogen and oxygen atoms in total. The summed E-state index contributed by atoms with van der Waals surface area (Å²) in [6.07, 6.45) is 0. The van der Waals surface area contributed by atoms with E-state index in [-0.39, 0.29) is 5.02 Å². The van der Waals surface area contributed by atoms with E-state index in [9.17, 15) is 13.6 Å². The molecule has 1 rings (SSSR count). The highest BCUT2D eigenvalue weighted by molar-refractivity contribution is 9.10. The summed E-state index contributed by atoms with van der Waals surface area (Å²) in [5.41, 5.74) is -0.649. The van der Waals surface area contributed by atoms with E-state index in [1.54, 1.807) is 0 Å². The van der Waals surface area contributed by atoms with Crippen molar-refractivity contribution < 1.29 is 18.7 Å². The quantitative estimate of drug-likeness (QED) is 0.905. The third-order valence-corrected chi connectivity index (χ3v) is 2.17. The molecule has 1 aromatic carbocycles. The number of rotatable bonds is 2. The highest BCUT2D eigenvalue weighted by atomic mass is 79.9. The first-order valence-corrected chi connectivity index (χ1v) is 4.59. The summed E-state index contributed by atoms with van der Waals surface area (Å²) in [5.74, 6) is -6.13. The average Bonchev–Trinajstić information content (AvgIpc) is 2.01. The second-order valence-corrected chi connectivity index (χ2v) is 3.89. The zero-order chi connectivity index (χ0) is 10.9. The van der Waals surface area contributed by atoms with Crippen LogP contribution in [0, 0.1) is 0 Å². The minimum absolute atomic E-state index is 0.0512.